The van der Waals surface area contributed by atoms with E-state index < -0.39 is 5.41 Å². The molecule has 4 heterocycles. The number of fused-ring (bicyclic) bond motifs is 1. The van der Waals surface area contributed by atoms with E-state index in [2.05, 4.69) is 0 Å². The summed E-state index contributed by atoms with van der Waals surface area (Å²) >= 11 is 1.47. The van der Waals surface area contributed by atoms with E-state index in [0.29, 0.717) is 26.2 Å². The van der Waals surface area contributed by atoms with Crippen LogP contribution in [0.2, 0.25) is 0 Å². The van der Waals surface area contributed by atoms with E-state index >= 15 is 0 Å². The fraction of sp³-hybridized carbons (Fsp3) is 0.650. The summed E-state index contributed by atoms with van der Waals surface area (Å²) in [6.45, 7) is 7.61. The van der Waals surface area contributed by atoms with Crippen LogP contribution >= 0.6 is 11.3 Å². The highest BCUT2D eigenvalue weighted by molar-refractivity contribution is 7.12. The standard InChI is InChI=1S/C20H27N3O3S/c1-3-21-11-8-20(18(21)26)14-23(15(2)24)13-19(20)6-9-22(10-7-19)17(25)16-5-4-12-27-16/h4-5,12H,3,6-11,13-14H2,1-2H3/t20-/m0/s1. The van der Waals surface area contributed by atoms with E-state index in [1.54, 1.807) is 6.92 Å². The van der Waals surface area contributed by atoms with Crippen LogP contribution in [0.4, 0.5) is 0 Å². The molecule has 1 aromatic rings. The van der Waals surface area contributed by atoms with Crippen molar-refractivity contribution in [3.8, 4) is 0 Å². The molecular formula is C20H27N3O3S. The number of hydrogen-bond donors (Lipinski definition) is 0. The summed E-state index contributed by atoms with van der Waals surface area (Å²) in [5.74, 6) is 0.348. The third-order valence-electron chi connectivity index (χ3n) is 7.04. The highest BCUT2D eigenvalue weighted by Gasteiger charge is 2.65. The molecule has 3 fully saturated rings. The molecule has 6 nitrogen and oxygen atoms in total. The molecule has 7 heteroatoms. The Morgan fingerprint density at radius 1 is 1.11 bits per heavy atom. The highest BCUT2D eigenvalue weighted by atomic mass is 32.1. The van der Waals surface area contributed by atoms with Crippen molar-refractivity contribution in [1.29, 1.82) is 0 Å². The number of amides is 3. The van der Waals surface area contributed by atoms with Gasteiger partial charge in [0.2, 0.25) is 11.8 Å². The van der Waals surface area contributed by atoms with Gasteiger partial charge in [-0.15, -0.1) is 11.3 Å². The lowest BCUT2D eigenvalue weighted by molar-refractivity contribution is -0.141. The summed E-state index contributed by atoms with van der Waals surface area (Å²) in [7, 11) is 0. The predicted molar refractivity (Wildman–Crippen MR) is 103 cm³/mol. The third kappa shape index (κ3) is 2.70. The largest absolute Gasteiger partial charge is 0.342 e. The molecule has 1 aromatic heterocycles. The number of thiophene rings is 1. The predicted octanol–water partition coefficient (Wildman–Crippen LogP) is 2.07. The summed E-state index contributed by atoms with van der Waals surface area (Å²) in [6, 6.07) is 3.77. The molecule has 0 unspecified atom stereocenters. The number of rotatable bonds is 2. The molecule has 4 rings (SSSR count). The van der Waals surface area contributed by atoms with Crippen LogP contribution in [0.1, 0.15) is 42.8 Å². The molecule has 0 aromatic carbocycles. The van der Waals surface area contributed by atoms with E-state index in [-0.39, 0.29) is 23.1 Å². The Hall–Kier alpha value is -1.89. The van der Waals surface area contributed by atoms with E-state index in [9.17, 15) is 14.4 Å². The first kappa shape index (κ1) is 18.5. The Labute approximate surface area is 164 Å². The van der Waals surface area contributed by atoms with Gasteiger partial charge in [-0.05, 0) is 37.6 Å². The average Bonchev–Trinajstić information content (AvgIpc) is 3.37. The van der Waals surface area contributed by atoms with Crippen molar-refractivity contribution in [1.82, 2.24) is 14.7 Å². The van der Waals surface area contributed by atoms with Gasteiger partial charge in [-0.1, -0.05) is 6.07 Å². The normalized spacial score (nSPS) is 27.2. The molecule has 27 heavy (non-hydrogen) atoms. The maximum Gasteiger partial charge on any atom is 0.263 e. The van der Waals surface area contributed by atoms with Crippen LogP contribution < -0.4 is 0 Å². The topological polar surface area (TPSA) is 60.9 Å². The Bertz CT molecular complexity index is 755. The number of piperidine rings is 1. The molecule has 0 bridgehead atoms. The van der Waals surface area contributed by atoms with Crippen LogP contribution in [0.15, 0.2) is 17.5 Å². The van der Waals surface area contributed by atoms with E-state index in [0.717, 1.165) is 37.2 Å². The SMILES string of the molecule is CCN1CC[C@]2(CN(C(C)=O)CC23CCN(C(=O)c2cccs2)CC3)C1=O. The van der Waals surface area contributed by atoms with Gasteiger partial charge in [0.15, 0.2) is 0 Å². The number of carbonyl (C=O) groups is 3. The number of nitrogens with zero attached hydrogens (tertiary/aromatic N) is 3. The van der Waals surface area contributed by atoms with Gasteiger partial charge >= 0.3 is 0 Å². The van der Waals surface area contributed by atoms with Crippen molar-refractivity contribution in [2.45, 2.75) is 33.1 Å². The first-order chi connectivity index (χ1) is 12.9. The summed E-state index contributed by atoms with van der Waals surface area (Å²) < 4.78 is 0. The zero-order valence-electron chi connectivity index (χ0n) is 16.1. The molecular weight excluding hydrogens is 362 g/mol. The Morgan fingerprint density at radius 3 is 2.41 bits per heavy atom. The monoisotopic (exact) mass is 389 g/mol. The molecule has 0 saturated carbocycles. The second-order valence-electron chi connectivity index (χ2n) is 8.14. The minimum atomic E-state index is -0.466. The lowest BCUT2D eigenvalue weighted by Gasteiger charge is -2.46. The van der Waals surface area contributed by atoms with Gasteiger partial charge in [0.05, 0.1) is 10.3 Å². The molecule has 0 radical (unpaired) electrons. The summed E-state index contributed by atoms with van der Waals surface area (Å²) in [4.78, 5) is 44.7. The summed E-state index contributed by atoms with van der Waals surface area (Å²) in [6.07, 6.45) is 2.40. The second kappa shape index (κ2) is 6.62. The van der Waals surface area contributed by atoms with E-state index in [4.69, 9.17) is 0 Å². The molecule has 2 spiro atoms. The molecule has 146 valence electrons. The fourth-order valence-corrected chi connectivity index (χ4v) is 6.09. The quantitative estimate of drug-likeness (QED) is 0.778. The van der Waals surface area contributed by atoms with Gasteiger partial charge < -0.3 is 14.7 Å². The van der Waals surface area contributed by atoms with Crippen LogP contribution in [-0.4, -0.2) is 71.7 Å². The maximum atomic E-state index is 13.3. The van der Waals surface area contributed by atoms with Gasteiger partial charge in [-0.3, -0.25) is 14.4 Å². The molecule has 0 aliphatic carbocycles. The lowest BCUT2D eigenvalue weighted by atomic mass is 9.60. The first-order valence-electron chi connectivity index (χ1n) is 9.80. The number of likely N-dealkylation sites (tertiary alicyclic amines) is 3. The summed E-state index contributed by atoms with van der Waals surface area (Å²) in [5.41, 5.74) is -0.668. The van der Waals surface area contributed by atoms with Crippen molar-refractivity contribution in [3.63, 3.8) is 0 Å². The van der Waals surface area contributed by atoms with Crippen LogP contribution in [0.3, 0.4) is 0 Å². The first-order valence-corrected chi connectivity index (χ1v) is 10.7. The smallest absolute Gasteiger partial charge is 0.263 e. The van der Waals surface area contributed by atoms with Gasteiger partial charge in [0, 0.05) is 51.6 Å². The van der Waals surface area contributed by atoms with Crippen LogP contribution in [0.5, 0.6) is 0 Å². The fourth-order valence-electron chi connectivity index (χ4n) is 5.40. The number of hydrogen-bond acceptors (Lipinski definition) is 4. The molecule has 3 saturated heterocycles. The average molecular weight is 390 g/mol. The van der Waals surface area contributed by atoms with Crippen molar-refractivity contribution in [2.24, 2.45) is 10.8 Å². The van der Waals surface area contributed by atoms with E-state index in [1.165, 1.54) is 11.3 Å². The van der Waals surface area contributed by atoms with Crippen molar-refractivity contribution >= 4 is 29.1 Å². The zero-order valence-corrected chi connectivity index (χ0v) is 16.9. The van der Waals surface area contributed by atoms with Crippen molar-refractivity contribution in [2.75, 3.05) is 39.3 Å². The van der Waals surface area contributed by atoms with Crippen LogP contribution in [-0.2, 0) is 9.59 Å². The summed E-state index contributed by atoms with van der Waals surface area (Å²) in [5, 5.41) is 1.92. The van der Waals surface area contributed by atoms with Gasteiger partial charge in [0.25, 0.3) is 5.91 Å². The van der Waals surface area contributed by atoms with Gasteiger partial charge in [-0.2, -0.15) is 0 Å². The molecule has 1 atom stereocenters. The second-order valence-corrected chi connectivity index (χ2v) is 9.09. The molecule has 3 aliphatic heterocycles. The Balaban J connectivity index is 1.58. The minimum Gasteiger partial charge on any atom is -0.342 e. The van der Waals surface area contributed by atoms with Crippen molar-refractivity contribution < 1.29 is 14.4 Å². The molecule has 3 aliphatic rings. The van der Waals surface area contributed by atoms with Crippen LogP contribution in [0.25, 0.3) is 0 Å². The maximum absolute atomic E-state index is 13.3. The Morgan fingerprint density at radius 2 is 1.85 bits per heavy atom. The Kier molecular flexibility index (Phi) is 4.53. The van der Waals surface area contributed by atoms with Gasteiger partial charge in [0.1, 0.15) is 0 Å². The zero-order chi connectivity index (χ0) is 19.2. The lowest BCUT2D eigenvalue weighted by Crippen LogP contribution is -2.53. The van der Waals surface area contributed by atoms with Crippen LogP contribution in [0, 0.1) is 10.8 Å². The molecule has 0 N–H and O–H groups in total. The minimum absolute atomic E-state index is 0.0473. The highest BCUT2D eigenvalue weighted by Crippen LogP contribution is 2.57. The van der Waals surface area contributed by atoms with E-state index in [1.807, 2.05) is 39.1 Å². The molecule has 3 amide bonds. The third-order valence-corrected chi connectivity index (χ3v) is 7.90. The van der Waals surface area contributed by atoms with Gasteiger partial charge in [-0.25, -0.2) is 0 Å². The van der Waals surface area contributed by atoms with Crippen molar-refractivity contribution in [3.05, 3.63) is 22.4 Å². The number of carbonyl (C=O) groups excluding carboxylic acids is 3.